The van der Waals surface area contributed by atoms with Gasteiger partial charge in [0.1, 0.15) is 0 Å². The molecule has 0 amide bonds. The minimum atomic E-state index is 0.129. The van der Waals surface area contributed by atoms with Crippen molar-refractivity contribution >= 4 is 0 Å². The Hall–Kier alpha value is -0.920. The molecule has 0 radical (unpaired) electrons. The van der Waals surface area contributed by atoms with Crippen molar-refractivity contribution in [1.29, 1.82) is 0 Å². The normalized spacial score (nSPS) is 28.2. The van der Waals surface area contributed by atoms with E-state index < -0.39 is 0 Å². The molecule has 1 fully saturated rings. The SMILES string of the molecule is CC(C)(C)c1cc2c(nn1)C1CCC2C1. The maximum atomic E-state index is 4.46. The van der Waals surface area contributed by atoms with Crippen LogP contribution in [0.5, 0.6) is 0 Å². The minimum absolute atomic E-state index is 0.129. The molecule has 0 aliphatic heterocycles. The number of rotatable bonds is 0. The third-order valence-corrected chi connectivity index (χ3v) is 3.88. The average molecular weight is 202 g/mol. The second kappa shape index (κ2) is 2.81. The topological polar surface area (TPSA) is 25.8 Å². The number of nitrogens with zero attached hydrogens (tertiary/aromatic N) is 2. The molecule has 3 rings (SSSR count). The van der Waals surface area contributed by atoms with Crippen LogP contribution in [0.2, 0.25) is 0 Å². The Morgan fingerprint density at radius 2 is 1.87 bits per heavy atom. The summed E-state index contributed by atoms with van der Waals surface area (Å²) in [5.41, 5.74) is 4.09. The summed E-state index contributed by atoms with van der Waals surface area (Å²) in [7, 11) is 0. The number of fused-ring (bicyclic) bond motifs is 5. The Morgan fingerprint density at radius 3 is 2.60 bits per heavy atom. The molecule has 0 saturated heterocycles. The largest absolute Gasteiger partial charge is 0.155 e. The van der Waals surface area contributed by atoms with E-state index in [4.69, 9.17) is 0 Å². The summed E-state index contributed by atoms with van der Waals surface area (Å²) in [4.78, 5) is 0. The molecule has 0 N–H and O–H groups in total. The molecule has 2 heteroatoms. The molecule has 2 aliphatic carbocycles. The molecule has 2 unspecified atom stereocenters. The van der Waals surface area contributed by atoms with Crippen LogP contribution in [0.1, 0.15) is 68.8 Å². The highest BCUT2D eigenvalue weighted by atomic mass is 15.1. The second-order valence-electron chi connectivity index (χ2n) is 6.03. The van der Waals surface area contributed by atoms with E-state index in [-0.39, 0.29) is 5.41 Å². The number of hydrogen-bond acceptors (Lipinski definition) is 2. The predicted octanol–water partition coefficient (Wildman–Crippen LogP) is 3.14. The van der Waals surface area contributed by atoms with E-state index in [1.807, 2.05) is 0 Å². The monoisotopic (exact) mass is 202 g/mol. The first-order valence-corrected chi connectivity index (χ1v) is 5.93. The maximum absolute atomic E-state index is 4.46. The Balaban J connectivity index is 2.08. The summed E-state index contributed by atoms with van der Waals surface area (Å²) < 4.78 is 0. The molecule has 2 aliphatic rings. The summed E-state index contributed by atoms with van der Waals surface area (Å²) in [6, 6.07) is 2.31. The van der Waals surface area contributed by atoms with Gasteiger partial charge >= 0.3 is 0 Å². The lowest BCUT2D eigenvalue weighted by Gasteiger charge is -2.20. The highest BCUT2D eigenvalue weighted by Gasteiger charge is 2.39. The van der Waals surface area contributed by atoms with Gasteiger partial charge in [0, 0.05) is 11.3 Å². The van der Waals surface area contributed by atoms with Crippen molar-refractivity contribution in [2.24, 2.45) is 0 Å². The molecule has 0 aromatic carbocycles. The van der Waals surface area contributed by atoms with Crippen molar-refractivity contribution in [3.05, 3.63) is 23.0 Å². The summed E-state index contributed by atoms with van der Waals surface area (Å²) in [5.74, 6) is 1.52. The van der Waals surface area contributed by atoms with Crippen LogP contribution in [-0.4, -0.2) is 10.2 Å². The van der Waals surface area contributed by atoms with Gasteiger partial charge in [-0.15, -0.1) is 0 Å². The molecule has 0 spiro atoms. The lowest BCUT2D eigenvalue weighted by molar-refractivity contribution is 0.549. The van der Waals surface area contributed by atoms with Gasteiger partial charge in [0.2, 0.25) is 0 Å². The van der Waals surface area contributed by atoms with E-state index in [1.54, 1.807) is 0 Å². The van der Waals surface area contributed by atoms with Gasteiger partial charge in [-0.2, -0.15) is 10.2 Å². The number of aromatic nitrogens is 2. The van der Waals surface area contributed by atoms with Crippen molar-refractivity contribution in [3.8, 4) is 0 Å². The van der Waals surface area contributed by atoms with E-state index in [0.29, 0.717) is 0 Å². The molecule has 2 nitrogen and oxygen atoms in total. The first kappa shape index (κ1) is 9.32. The van der Waals surface area contributed by atoms with Gasteiger partial charge < -0.3 is 0 Å². The third kappa shape index (κ3) is 1.30. The van der Waals surface area contributed by atoms with Gasteiger partial charge in [0.25, 0.3) is 0 Å². The molecule has 1 saturated carbocycles. The summed E-state index contributed by atoms with van der Waals surface area (Å²) in [5, 5.41) is 8.85. The Bertz CT molecular complexity index is 403. The molecule has 1 aromatic heterocycles. The van der Waals surface area contributed by atoms with Gasteiger partial charge in [-0.05, 0) is 36.8 Å². The van der Waals surface area contributed by atoms with Crippen LogP contribution in [0.4, 0.5) is 0 Å². The van der Waals surface area contributed by atoms with Crippen LogP contribution in [-0.2, 0) is 5.41 Å². The highest BCUT2D eigenvalue weighted by Crippen LogP contribution is 2.52. The van der Waals surface area contributed by atoms with Gasteiger partial charge in [-0.25, -0.2) is 0 Å². The molecule has 2 atom stereocenters. The molecule has 1 aromatic rings. The predicted molar refractivity (Wildman–Crippen MR) is 60.1 cm³/mol. The lowest BCUT2D eigenvalue weighted by Crippen LogP contribution is -2.16. The fraction of sp³-hybridized carbons (Fsp3) is 0.692. The Labute approximate surface area is 91.1 Å². The van der Waals surface area contributed by atoms with Crippen LogP contribution in [0.15, 0.2) is 6.07 Å². The Kier molecular flexibility index (Phi) is 1.74. The first-order valence-electron chi connectivity index (χ1n) is 5.93. The highest BCUT2D eigenvalue weighted by molar-refractivity contribution is 5.37. The molecular weight excluding hydrogens is 184 g/mol. The third-order valence-electron chi connectivity index (χ3n) is 3.88. The number of hydrogen-bond donors (Lipinski definition) is 0. The van der Waals surface area contributed by atoms with Crippen molar-refractivity contribution in [3.63, 3.8) is 0 Å². The Morgan fingerprint density at radius 1 is 1.13 bits per heavy atom. The van der Waals surface area contributed by atoms with Gasteiger partial charge in [0.15, 0.2) is 0 Å². The zero-order valence-corrected chi connectivity index (χ0v) is 9.75. The fourth-order valence-electron chi connectivity index (χ4n) is 2.94. The first-order chi connectivity index (χ1) is 7.05. The minimum Gasteiger partial charge on any atom is -0.155 e. The van der Waals surface area contributed by atoms with Gasteiger partial charge in [-0.3, -0.25) is 0 Å². The van der Waals surface area contributed by atoms with Crippen LogP contribution in [0, 0.1) is 0 Å². The zero-order chi connectivity index (χ0) is 10.6. The summed E-state index contributed by atoms with van der Waals surface area (Å²) in [6.07, 6.45) is 4.03. The van der Waals surface area contributed by atoms with E-state index in [1.165, 1.54) is 30.5 Å². The van der Waals surface area contributed by atoms with Crippen molar-refractivity contribution in [1.82, 2.24) is 10.2 Å². The standard InChI is InChI=1S/C13H18N2/c1-13(2,3)11-7-10-8-4-5-9(6-8)12(10)15-14-11/h7-9H,4-6H2,1-3H3. The van der Waals surface area contributed by atoms with Crippen LogP contribution in [0.25, 0.3) is 0 Å². The van der Waals surface area contributed by atoms with E-state index >= 15 is 0 Å². The summed E-state index contributed by atoms with van der Waals surface area (Å²) >= 11 is 0. The second-order valence-corrected chi connectivity index (χ2v) is 6.03. The fourth-order valence-corrected chi connectivity index (χ4v) is 2.94. The van der Waals surface area contributed by atoms with E-state index in [9.17, 15) is 0 Å². The van der Waals surface area contributed by atoms with Crippen LogP contribution >= 0.6 is 0 Å². The van der Waals surface area contributed by atoms with Crippen LogP contribution in [0.3, 0.4) is 0 Å². The quantitative estimate of drug-likeness (QED) is 0.646. The molecule has 1 heterocycles. The van der Waals surface area contributed by atoms with Gasteiger partial charge in [-0.1, -0.05) is 20.8 Å². The molecule has 80 valence electrons. The van der Waals surface area contributed by atoms with Crippen molar-refractivity contribution in [2.45, 2.75) is 57.3 Å². The van der Waals surface area contributed by atoms with Gasteiger partial charge in [0.05, 0.1) is 11.4 Å². The lowest BCUT2D eigenvalue weighted by atomic mass is 9.88. The van der Waals surface area contributed by atoms with Crippen LogP contribution < -0.4 is 0 Å². The zero-order valence-electron chi connectivity index (χ0n) is 9.75. The molecular formula is C13H18N2. The summed E-state index contributed by atoms with van der Waals surface area (Å²) in [6.45, 7) is 6.61. The van der Waals surface area contributed by atoms with E-state index in [2.05, 4.69) is 37.0 Å². The molecule has 15 heavy (non-hydrogen) atoms. The van der Waals surface area contributed by atoms with Crippen molar-refractivity contribution < 1.29 is 0 Å². The van der Waals surface area contributed by atoms with Crippen molar-refractivity contribution in [2.75, 3.05) is 0 Å². The molecule has 2 bridgehead atoms. The smallest absolute Gasteiger partial charge is 0.0697 e. The average Bonchev–Trinajstić information content (AvgIpc) is 2.76. The maximum Gasteiger partial charge on any atom is 0.0697 e. The van der Waals surface area contributed by atoms with E-state index in [0.717, 1.165) is 17.5 Å².